The zero-order valence-corrected chi connectivity index (χ0v) is 18.5. The molecule has 5 nitrogen and oxygen atoms in total. The Kier molecular flexibility index (Phi) is 4.35. The van der Waals surface area contributed by atoms with Crippen LogP contribution in [0, 0.1) is 12.3 Å². The van der Waals surface area contributed by atoms with Crippen LogP contribution in [-0.2, 0) is 15.1 Å². The fraction of sp³-hybridized carbons (Fsp3) is 0.222. The van der Waals surface area contributed by atoms with Crippen LogP contribution in [-0.4, -0.2) is 17.7 Å². The van der Waals surface area contributed by atoms with Crippen LogP contribution >= 0.6 is 0 Å². The van der Waals surface area contributed by atoms with E-state index in [1.165, 1.54) is 4.90 Å². The Morgan fingerprint density at radius 3 is 2.16 bits per heavy atom. The molecule has 0 fully saturated rings. The summed E-state index contributed by atoms with van der Waals surface area (Å²) in [5.74, 6) is -0.340. The topological polar surface area (TPSA) is 59.0 Å². The van der Waals surface area contributed by atoms with Gasteiger partial charge in [-0.25, -0.2) is 9.89 Å². The Balaban J connectivity index is 1.83. The minimum atomic E-state index is -1.50. The van der Waals surface area contributed by atoms with Gasteiger partial charge in [-0.2, -0.15) is 0 Å². The van der Waals surface area contributed by atoms with Gasteiger partial charge in [-0.1, -0.05) is 74.9 Å². The van der Waals surface area contributed by atoms with Crippen molar-refractivity contribution in [2.24, 2.45) is 10.4 Å². The summed E-state index contributed by atoms with van der Waals surface area (Å²) in [6.45, 7) is 7.95. The van der Waals surface area contributed by atoms with E-state index in [9.17, 15) is 9.59 Å². The molecular weight excluding hydrogens is 400 g/mol. The molecule has 3 aromatic carbocycles. The van der Waals surface area contributed by atoms with Crippen LogP contribution in [0.2, 0.25) is 0 Å². The number of amides is 2. The van der Waals surface area contributed by atoms with Crippen molar-refractivity contribution in [3.8, 4) is 0 Å². The average Bonchev–Trinajstić information content (AvgIpc) is 2.78. The second-order valence-corrected chi connectivity index (χ2v) is 9.29. The standard InChI is InChI=1S/C27H24N2O3/c1-17-13-15-18(16-14-17)29-23(30)19-9-5-6-10-20(19)27(25(29)31)21-11-7-8-12-22(21)28-24(32-27)26(2,3)4/h5-16H,1-4H3. The Labute approximate surface area is 187 Å². The van der Waals surface area contributed by atoms with Gasteiger partial charge in [0.2, 0.25) is 5.60 Å². The summed E-state index contributed by atoms with van der Waals surface area (Å²) in [5, 5.41) is 0. The van der Waals surface area contributed by atoms with Crippen LogP contribution < -0.4 is 4.90 Å². The van der Waals surface area contributed by atoms with Gasteiger partial charge in [0.15, 0.2) is 5.90 Å². The number of fused-ring (bicyclic) bond motifs is 4. The highest BCUT2D eigenvalue weighted by Gasteiger charge is 2.58. The summed E-state index contributed by atoms with van der Waals surface area (Å²) in [4.78, 5) is 33.9. The number of carbonyl (C=O) groups excluding carboxylic acids is 2. The van der Waals surface area contributed by atoms with Gasteiger partial charge in [0.1, 0.15) is 0 Å². The largest absolute Gasteiger partial charge is 0.454 e. The number of ether oxygens (including phenoxy) is 1. The number of imide groups is 1. The molecule has 160 valence electrons. The summed E-state index contributed by atoms with van der Waals surface area (Å²) >= 11 is 0. The molecule has 2 amide bonds. The first-order valence-corrected chi connectivity index (χ1v) is 10.7. The predicted octanol–water partition coefficient (Wildman–Crippen LogP) is 5.53. The molecule has 2 heterocycles. The minimum absolute atomic E-state index is 0.360. The first kappa shape index (κ1) is 20.2. The minimum Gasteiger partial charge on any atom is -0.454 e. The third-order valence-electron chi connectivity index (χ3n) is 5.93. The van der Waals surface area contributed by atoms with Crippen LogP contribution in [0.3, 0.4) is 0 Å². The summed E-state index contributed by atoms with van der Waals surface area (Å²) in [6, 6.07) is 22.1. The second kappa shape index (κ2) is 6.89. The number of carbonyl (C=O) groups is 2. The molecule has 32 heavy (non-hydrogen) atoms. The number of aliphatic imine (C=N–C) groups is 1. The maximum atomic E-state index is 14.3. The number of para-hydroxylation sites is 1. The highest BCUT2D eigenvalue weighted by molar-refractivity contribution is 6.28. The third-order valence-corrected chi connectivity index (χ3v) is 5.93. The second-order valence-electron chi connectivity index (χ2n) is 9.29. The Morgan fingerprint density at radius 1 is 0.844 bits per heavy atom. The van der Waals surface area contributed by atoms with Gasteiger partial charge in [-0.3, -0.25) is 9.59 Å². The molecule has 1 unspecified atom stereocenters. The van der Waals surface area contributed by atoms with Crippen LogP contribution in [0.15, 0.2) is 77.8 Å². The molecule has 0 saturated carbocycles. The lowest BCUT2D eigenvalue weighted by Crippen LogP contribution is -2.58. The SMILES string of the molecule is Cc1ccc(N2C(=O)c3ccccc3C3(OC(C(C)(C)C)=Nc4ccccc43)C2=O)cc1. The first-order chi connectivity index (χ1) is 15.2. The van der Waals surface area contributed by atoms with Crippen molar-refractivity contribution in [1.82, 2.24) is 0 Å². The quantitative estimate of drug-likeness (QED) is 0.483. The summed E-state index contributed by atoms with van der Waals surface area (Å²) in [5.41, 5.74) is 1.91. The van der Waals surface area contributed by atoms with Gasteiger partial charge < -0.3 is 4.74 Å². The van der Waals surface area contributed by atoms with Gasteiger partial charge in [0.05, 0.1) is 11.4 Å². The number of benzene rings is 3. The number of hydrogen-bond acceptors (Lipinski definition) is 4. The molecule has 2 aliphatic rings. The zero-order valence-electron chi connectivity index (χ0n) is 18.5. The molecule has 0 aromatic heterocycles. The van der Waals surface area contributed by atoms with E-state index < -0.39 is 16.9 Å². The highest BCUT2D eigenvalue weighted by Crippen LogP contribution is 2.49. The average molecular weight is 425 g/mol. The van der Waals surface area contributed by atoms with Crippen LogP contribution in [0.4, 0.5) is 11.4 Å². The van der Waals surface area contributed by atoms with Crippen molar-refractivity contribution >= 4 is 29.1 Å². The monoisotopic (exact) mass is 424 g/mol. The Morgan fingerprint density at radius 2 is 1.47 bits per heavy atom. The number of aryl methyl sites for hydroxylation is 1. The van der Waals surface area contributed by atoms with Gasteiger partial charge in [-0.15, -0.1) is 0 Å². The first-order valence-electron chi connectivity index (χ1n) is 10.7. The highest BCUT2D eigenvalue weighted by atomic mass is 16.5. The van der Waals surface area contributed by atoms with E-state index in [-0.39, 0.29) is 5.91 Å². The predicted molar refractivity (Wildman–Crippen MR) is 124 cm³/mol. The van der Waals surface area contributed by atoms with E-state index in [4.69, 9.17) is 9.73 Å². The molecule has 2 aliphatic heterocycles. The van der Waals surface area contributed by atoms with Crippen LogP contribution in [0.5, 0.6) is 0 Å². The molecule has 3 aromatic rings. The van der Waals surface area contributed by atoms with Crippen LogP contribution in [0.1, 0.15) is 47.8 Å². The number of rotatable bonds is 1. The van der Waals surface area contributed by atoms with E-state index >= 15 is 0 Å². The van der Waals surface area contributed by atoms with Gasteiger partial charge >= 0.3 is 0 Å². The van der Waals surface area contributed by atoms with Crippen molar-refractivity contribution in [2.75, 3.05) is 4.90 Å². The molecule has 0 radical (unpaired) electrons. The van der Waals surface area contributed by atoms with E-state index in [1.807, 2.05) is 70.2 Å². The summed E-state index contributed by atoms with van der Waals surface area (Å²) < 4.78 is 6.57. The van der Waals surface area contributed by atoms with Crippen molar-refractivity contribution in [2.45, 2.75) is 33.3 Å². The molecule has 1 atom stereocenters. The smallest absolute Gasteiger partial charge is 0.287 e. The molecule has 0 saturated heterocycles. The Hall–Kier alpha value is -3.73. The fourth-order valence-electron chi connectivity index (χ4n) is 4.27. The third kappa shape index (κ3) is 2.81. The molecular formula is C27H24N2O3. The van der Waals surface area contributed by atoms with Crippen molar-refractivity contribution in [1.29, 1.82) is 0 Å². The lowest BCUT2D eigenvalue weighted by atomic mass is 9.77. The Bertz CT molecular complexity index is 1280. The van der Waals surface area contributed by atoms with Crippen molar-refractivity contribution < 1.29 is 14.3 Å². The van der Waals surface area contributed by atoms with Gasteiger partial charge in [0.25, 0.3) is 11.8 Å². The maximum Gasteiger partial charge on any atom is 0.287 e. The van der Waals surface area contributed by atoms with E-state index in [0.29, 0.717) is 34.0 Å². The van der Waals surface area contributed by atoms with Gasteiger partial charge in [0, 0.05) is 22.1 Å². The molecule has 5 rings (SSSR count). The fourth-order valence-corrected chi connectivity index (χ4v) is 4.27. The van der Waals surface area contributed by atoms with Gasteiger partial charge in [-0.05, 0) is 31.2 Å². The molecule has 0 bridgehead atoms. The summed E-state index contributed by atoms with van der Waals surface area (Å²) in [6.07, 6.45) is 0. The number of anilines is 1. The van der Waals surface area contributed by atoms with Crippen LogP contribution in [0.25, 0.3) is 0 Å². The van der Waals surface area contributed by atoms with E-state index in [0.717, 1.165) is 5.56 Å². The lowest BCUT2D eigenvalue weighted by Gasteiger charge is -2.45. The number of nitrogens with zero attached hydrogens (tertiary/aromatic N) is 2. The molecule has 0 aliphatic carbocycles. The van der Waals surface area contributed by atoms with Crippen molar-refractivity contribution in [3.05, 3.63) is 95.1 Å². The lowest BCUT2D eigenvalue weighted by molar-refractivity contribution is -0.133. The summed E-state index contributed by atoms with van der Waals surface area (Å²) in [7, 11) is 0. The molecule has 1 spiro atoms. The normalized spacial score (nSPS) is 19.9. The molecule has 0 N–H and O–H groups in total. The maximum absolute atomic E-state index is 14.3. The number of hydrogen-bond donors (Lipinski definition) is 0. The van der Waals surface area contributed by atoms with E-state index in [1.54, 1.807) is 30.3 Å². The zero-order chi connectivity index (χ0) is 22.7. The van der Waals surface area contributed by atoms with Crippen molar-refractivity contribution in [3.63, 3.8) is 0 Å². The molecule has 5 heteroatoms. The van der Waals surface area contributed by atoms with E-state index in [2.05, 4.69) is 0 Å².